The number of carboxylic acid groups (broad SMARTS) is 1. The van der Waals surface area contributed by atoms with Crippen LogP contribution in [0.4, 0.5) is 11.4 Å². The molecule has 0 fully saturated rings. The molecule has 0 bridgehead atoms. The number of carboxylic acids is 1. The lowest BCUT2D eigenvalue weighted by Gasteiger charge is -2.27. The number of benzene rings is 1. The fourth-order valence-corrected chi connectivity index (χ4v) is 5.20. The van der Waals surface area contributed by atoms with Crippen molar-refractivity contribution in [2.24, 2.45) is 5.41 Å². The maximum atomic E-state index is 13.0. The molecule has 1 aromatic carbocycles. The summed E-state index contributed by atoms with van der Waals surface area (Å²) in [6.45, 7) is 9.98. The summed E-state index contributed by atoms with van der Waals surface area (Å²) >= 11 is 1.23. The molecular formula is C31H43Cl2N5O5S. The number of fused-ring (bicyclic) bond motifs is 1. The van der Waals surface area contributed by atoms with Gasteiger partial charge in [-0.25, -0.2) is 4.79 Å². The van der Waals surface area contributed by atoms with Gasteiger partial charge in [-0.1, -0.05) is 6.07 Å². The summed E-state index contributed by atoms with van der Waals surface area (Å²) < 4.78 is 6.06. The third-order valence-corrected chi connectivity index (χ3v) is 7.85. The summed E-state index contributed by atoms with van der Waals surface area (Å²) in [4.78, 5) is 46.2. The van der Waals surface area contributed by atoms with Crippen LogP contribution in [0.2, 0.25) is 0 Å². The highest BCUT2D eigenvalue weighted by Crippen LogP contribution is 2.40. The Morgan fingerprint density at radius 2 is 1.77 bits per heavy atom. The number of carbonyl (C=O) groups excluding carboxylic acids is 2. The summed E-state index contributed by atoms with van der Waals surface area (Å²) in [6.07, 6.45) is 4.51. The lowest BCUT2D eigenvalue weighted by Crippen LogP contribution is -2.47. The van der Waals surface area contributed by atoms with Gasteiger partial charge in [0.05, 0.1) is 18.0 Å². The van der Waals surface area contributed by atoms with Crippen molar-refractivity contribution < 1.29 is 24.2 Å². The third-order valence-electron chi connectivity index (χ3n) is 6.99. The highest BCUT2D eigenvalue weighted by Gasteiger charge is 2.45. The molecule has 2 amide bonds. The zero-order valence-corrected chi connectivity index (χ0v) is 28.3. The van der Waals surface area contributed by atoms with Crippen LogP contribution in [0, 0.1) is 5.41 Å². The van der Waals surface area contributed by atoms with Crippen molar-refractivity contribution in [1.29, 1.82) is 0 Å². The van der Waals surface area contributed by atoms with E-state index in [9.17, 15) is 14.4 Å². The molecule has 242 valence electrons. The third kappa shape index (κ3) is 10.2. The number of aromatic nitrogens is 1. The first-order valence-corrected chi connectivity index (χ1v) is 14.9. The predicted octanol–water partition coefficient (Wildman–Crippen LogP) is 5.22. The maximum Gasteiger partial charge on any atom is 0.345 e. The van der Waals surface area contributed by atoms with Crippen LogP contribution in [0.25, 0.3) is 0 Å². The standard InChI is InChI=1S/C26H37N5O3.C5H4O2S.2ClH/c1-6-31-22-9-8-21(18-23(22)29(5)24(32)26(2,3)25(31)33)34-17-7-15-30(16-14-27-4)19-20-10-12-28-13-11-20;6-5(7)4-2-1-3-8-4;;/h8-13,18,27H,6-7,14-17,19H2,1-5H3;1-3H,(H,6,7);2*1H. The molecule has 10 nitrogen and oxygen atoms in total. The van der Waals surface area contributed by atoms with Crippen LogP contribution in [0.1, 0.15) is 42.4 Å². The number of rotatable bonds is 12. The topological polar surface area (TPSA) is 115 Å². The van der Waals surface area contributed by atoms with Crippen LogP contribution in [0.3, 0.4) is 0 Å². The minimum atomic E-state index is -1.11. The zero-order valence-electron chi connectivity index (χ0n) is 25.8. The number of thiophene rings is 1. The smallest absolute Gasteiger partial charge is 0.345 e. The Balaban J connectivity index is 0.000000841. The molecule has 1 aliphatic heterocycles. The first kappa shape index (κ1) is 38.8. The average Bonchev–Trinajstić information content (AvgIpc) is 3.53. The molecule has 0 saturated heterocycles. The molecule has 2 aromatic heterocycles. The van der Waals surface area contributed by atoms with Crippen molar-refractivity contribution in [3.63, 3.8) is 0 Å². The van der Waals surface area contributed by atoms with Gasteiger partial charge >= 0.3 is 5.97 Å². The summed E-state index contributed by atoms with van der Waals surface area (Å²) in [6, 6.07) is 13.0. The molecule has 3 heterocycles. The number of hydrogen-bond donors (Lipinski definition) is 2. The van der Waals surface area contributed by atoms with E-state index in [0.717, 1.165) is 38.3 Å². The normalized spacial score (nSPS) is 13.6. The number of likely N-dealkylation sites (N-methyl/N-ethyl adjacent to an activating group) is 1. The van der Waals surface area contributed by atoms with Crippen LogP contribution in [-0.4, -0.2) is 79.7 Å². The van der Waals surface area contributed by atoms with Gasteiger partial charge in [0.1, 0.15) is 16.0 Å². The molecule has 0 saturated carbocycles. The molecule has 13 heteroatoms. The minimum Gasteiger partial charge on any atom is -0.493 e. The van der Waals surface area contributed by atoms with E-state index in [4.69, 9.17) is 9.84 Å². The van der Waals surface area contributed by atoms with Gasteiger partial charge in [-0.15, -0.1) is 36.2 Å². The van der Waals surface area contributed by atoms with Gasteiger partial charge in [0, 0.05) is 58.2 Å². The monoisotopic (exact) mass is 667 g/mol. The van der Waals surface area contributed by atoms with E-state index in [1.807, 2.05) is 56.7 Å². The number of halogens is 2. The van der Waals surface area contributed by atoms with Crippen molar-refractivity contribution in [3.8, 4) is 5.75 Å². The molecule has 0 unspecified atom stereocenters. The van der Waals surface area contributed by atoms with E-state index < -0.39 is 11.4 Å². The number of nitrogens with one attached hydrogen (secondary N) is 1. The van der Waals surface area contributed by atoms with Crippen LogP contribution < -0.4 is 19.9 Å². The minimum absolute atomic E-state index is 0. The highest BCUT2D eigenvalue weighted by molar-refractivity contribution is 7.11. The van der Waals surface area contributed by atoms with Gasteiger partial charge in [-0.2, -0.15) is 0 Å². The van der Waals surface area contributed by atoms with Gasteiger partial charge in [-0.05, 0) is 75.5 Å². The van der Waals surface area contributed by atoms with Gasteiger partial charge in [0.2, 0.25) is 11.8 Å². The molecule has 0 atom stereocenters. The van der Waals surface area contributed by atoms with E-state index in [1.54, 1.807) is 48.2 Å². The van der Waals surface area contributed by atoms with Gasteiger partial charge in [-0.3, -0.25) is 19.5 Å². The molecule has 4 rings (SSSR count). The van der Waals surface area contributed by atoms with E-state index in [1.165, 1.54) is 16.9 Å². The van der Waals surface area contributed by atoms with E-state index >= 15 is 0 Å². The number of amides is 2. The molecule has 0 spiro atoms. The lowest BCUT2D eigenvalue weighted by molar-refractivity contribution is -0.137. The number of nitrogens with zero attached hydrogens (tertiary/aromatic N) is 4. The lowest BCUT2D eigenvalue weighted by atomic mass is 9.90. The molecule has 0 radical (unpaired) electrons. The Bertz CT molecular complexity index is 1330. The van der Waals surface area contributed by atoms with Crippen molar-refractivity contribution >= 4 is 65.3 Å². The van der Waals surface area contributed by atoms with Crippen molar-refractivity contribution in [1.82, 2.24) is 15.2 Å². The first-order valence-electron chi connectivity index (χ1n) is 14.0. The highest BCUT2D eigenvalue weighted by atomic mass is 35.5. The number of ether oxygens (including phenoxy) is 1. The van der Waals surface area contributed by atoms with Crippen molar-refractivity contribution in [3.05, 3.63) is 70.7 Å². The van der Waals surface area contributed by atoms with Gasteiger partial charge < -0.3 is 25.0 Å². The number of anilines is 2. The number of hydrogen-bond acceptors (Lipinski definition) is 8. The Morgan fingerprint density at radius 3 is 2.34 bits per heavy atom. The number of aromatic carboxylic acids is 1. The van der Waals surface area contributed by atoms with Crippen molar-refractivity contribution in [2.45, 2.75) is 33.7 Å². The quantitative estimate of drug-likeness (QED) is 0.200. The van der Waals surface area contributed by atoms with Crippen LogP contribution in [-0.2, 0) is 16.1 Å². The molecule has 0 aliphatic carbocycles. The van der Waals surface area contributed by atoms with E-state index in [-0.39, 0.29) is 36.6 Å². The predicted molar refractivity (Wildman–Crippen MR) is 181 cm³/mol. The Kier molecular flexibility index (Phi) is 16.4. The summed E-state index contributed by atoms with van der Waals surface area (Å²) in [5.41, 5.74) is 1.55. The Labute approximate surface area is 276 Å². The van der Waals surface area contributed by atoms with Crippen LogP contribution >= 0.6 is 36.2 Å². The average molecular weight is 669 g/mol. The molecule has 3 aromatic rings. The number of carbonyl (C=O) groups is 3. The Morgan fingerprint density at radius 1 is 1.07 bits per heavy atom. The van der Waals surface area contributed by atoms with E-state index in [0.29, 0.717) is 29.5 Å². The van der Waals surface area contributed by atoms with Gasteiger partial charge in [0.25, 0.3) is 0 Å². The molecule has 1 aliphatic rings. The van der Waals surface area contributed by atoms with Gasteiger partial charge in [0.15, 0.2) is 0 Å². The molecular weight excluding hydrogens is 625 g/mol. The van der Waals surface area contributed by atoms with Crippen LogP contribution in [0.5, 0.6) is 5.75 Å². The molecule has 2 N–H and O–H groups in total. The first-order chi connectivity index (χ1) is 20.1. The summed E-state index contributed by atoms with van der Waals surface area (Å²) in [5, 5.41) is 13.2. The Hall–Kier alpha value is -3.22. The fourth-order valence-electron chi connectivity index (χ4n) is 4.64. The second kappa shape index (κ2) is 18.6. The van der Waals surface area contributed by atoms with Crippen LogP contribution in [0.15, 0.2) is 60.2 Å². The zero-order chi connectivity index (χ0) is 30.7. The second-order valence-corrected chi connectivity index (χ2v) is 11.4. The maximum absolute atomic E-state index is 13.0. The fraction of sp³-hybridized carbons (Fsp3) is 0.419. The number of pyridine rings is 1. The summed E-state index contributed by atoms with van der Waals surface area (Å²) in [7, 11) is 3.68. The summed E-state index contributed by atoms with van der Waals surface area (Å²) in [5.74, 6) is -0.559. The van der Waals surface area contributed by atoms with Crippen molar-refractivity contribution in [2.75, 3.05) is 56.7 Å². The SMILES string of the molecule is CCN1C(=O)C(C)(C)C(=O)N(C)c2cc(OCCCN(CCNC)Cc3ccncc3)ccc21.Cl.Cl.O=C(O)c1cccs1. The second-order valence-electron chi connectivity index (χ2n) is 10.4. The van der Waals surface area contributed by atoms with E-state index in [2.05, 4.69) is 15.2 Å². The largest absolute Gasteiger partial charge is 0.493 e. The molecule has 44 heavy (non-hydrogen) atoms.